The average Bonchev–Trinajstić information content (AvgIpc) is 3.29. The number of benzene rings is 1. The summed E-state index contributed by atoms with van der Waals surface area (Å²) in [7, 11) is 2.11. The zero-order valence-corrected chi connectivity index (χ0v) is 15.5. The Morgan fingerprint density at radius 2 is 2.08 bits per heavy atom. The van der Waals surface area contributed by atoms with E-state index in [4.69, 9.17) is 9.72 Å². The van der Waals surface area contributed by atoms with Gasteiger partial charge in [-0.2, -0.15) is 0 Å². The van der Waals surface area contributed by atoms with E-state index in [1.54, 1.807) is 0 Å². The van der Waals surface area contributed by atoms with Crippen molar-refractivity contribution in [1.82, 2.24) is 19.8 Å². The summed E-state index contributed by atoms with van der Waals surface area (Å²) < 4.78 is 7.78. The van der Waals surface area contributed by atoms with Crippen molar-refractivity contribution in [2.75, 3.05) is 32.8 Å². The number of piperidine rings is 1. The molecule has 6 nitrogen and oxygen atoms in total. The van der Waals surface area contributed by atoms with Crippen LogP contribution in [0.2, 0.25) is 0 Å². The predicted octanol–water partition coefficient (Wildman–Crippen LogP) is 2.05. The molecule has 6 heteroatoms. The molecule has 1 amide bonds. The standard InChI is InChI=1S/C20H28N4O2/c1-23-18-7-3-2-6-17(18)22-20(23)15-8-10-24(11-9-15)14-19(25)21-13-16-5-4-12-26-16/h2-3,6-7,15-16H,4-5,8-14H2,1H3,(H,21,25)/t16-/m0/s1. The molecule has 0 saturated carbocycles. The number of imidazole rings is 1. The number of hydrogen-bond acceptors (Lipinski definition) is 4. The highest BCUT2D eigenvalue weighted by Crippen LogP contribution is 2.29. The number of rotatable bonds is 5. The quantitative estimate of drug-likeness (QED) is 0.891. The molecule has 2 aliphatic heterocycles. The van der Waals surface area contributed by atoms with Gasteiger partial charge < -0.3 is 14.6 Å². The summed E-state index contributed by atoms with van der Waals surface area (Å²) in [5, 5.41) is 3.02. The SMILES string of the molecule is Cn1c(C2CCN(CC(=O)NC[C@@H]3CCCO3)CC2)nc2ccccc21. The lowest BCUT2D eigenvalue weighted by atomic mass is 9.96. The highest BCUT2D eigenvalue weighted by Gasteiger charge is 2.26. The number of carbonyl (C=O) groups is 1. The third-order valence-electron chi connectivity index (χ3n) is 5.69. The minimum atomic E-state index is 0.113. The molecule has 3 heterocycles. The van der Waals surface area contributed by atoms with E-state index >= 15 is 0 Å². The minimum absolute atomic E-state index is 0.113. The lowest BCUT2D eigenvalue weighted by Crippen LogP contribution is -2.43. The molecule has 26 heavy (non-hydrogen) atoms. The van der Waals surface area contributed by atoms with E-state index < -0.39 is 0 Å². The van der Waals surface area contributed by atoms with Gasteiger partial charge in [-0.3, -0.25) is 9.69 Å². The van der Waals surface area contributed by atoms with E-state index in [2.05, 4.69) is 40.0 Å². The van der Waals surface area contributed by atoms with Gasteiger partial charge in [0, 0.05) is 26.1 Å². The Kier molecular flexibility index (Phi) is 5.22. The number of nitrogens with one attached hydrogen (secondary N) is 1. The summed E-state index contributed by atoms with van der Waals surface area (Å²) in [5.74, 6) is 1.76. The molecule has 1 N–H and O–H groups in total. The number of aryl methyl sites for hydroxylation is 1. The third-order valence-corrected chi connectivity index (χ3v) is 5.69. The van der Waals surface area contributed by atoms with Gasteiger partial charge in [-0.1, -0.05) is 12.1 Å². The Balaban J connectivity index is 1.28. The zero-order valence-electron chi connectivity index (χ0n) is 15.5. The summed E-state index contributed by atoms with van der Waals surface area (Å²) in [5.41, 5.74) is 2.26. The summed E-state index contributed by atoms with van der Waals surface area (Å²) >= 11 is 0. The van der Waals surface area contributed by atoms with Crippen LogP contribution < -0.4 is 5.32 Å². The molecule has 2 saturated heterocycles. The third kappa shape index (κ3) is 3.76. The maximum absolute atomic E-state index is 12.2. The maximum atomic E-state index is 12.2. The van der Waals surface area contributed by atoms with Gasteiger partial charge in [0.15, 0.2) is 0 Å². The number of carbonyl (C=O) groups excluding carboxylic acids is 1. The van der Waals surface area contributed by atoms with Crippen molar-refractivity contribution in [2.45, 2.75) is 37.7 Å². The van der Waals surface area contributed by atoms with Crippen LogP contribution in [0.5, 0.6) is 0 Å². The molecular weight excluding hydrogens is 328 g/mol. The van der Waals surface area contributed by atoms with Crippen molar-refractivity contribution in [2.24, 2.45) is 7.05 Å². The van der Waals surface area contributed by atoms with Crippen LogP contribution in [0.1, 0.15) is 37.4 Å². The van der Waals surface area contributed by atoms with Gasteiger partial charge in [-0.05, 0) is 50.9 Å². The number of amides is 1. The highest BCUT2D eigenvalue weighted by molar-refractivity contribution is 5.78. The molecule has 2 aliphatic rings. The minimum Gasteiger partial charge on any atom is -0.376 e. The van der Waals surface area contributed by atoms with Crippen molar-refractivity contribution in [3.63, 3.8) is 0 Å². The molecule has 140 valence electrons. The first-order valence-electron chi connectivity index (χ1n) is 9.72. The highest BCUT2D eigenvalue weighted by atomic mass is 16.5. The smallest absolute Gasteiger partial charge is 0.234 e. The Morgan fingerprint density at radius 1 is 1.27 bits per heavy atom. The number of aromatic nitrogens is 2. The van der Waals surface area contributed by atoms with Gasteiger partial charge in [0.05, 0.1) is 23.7 Å². The average molecular weight is 356 g/mol. The summed E-state index contributed by atoms with van der Waals surface area (Å²) in [6, 6.07) is 8.30. The summed E-state index contributed by atoms with van der Waals surface area (Å²) in [4.78, 5) is 19.3. The van der Waals surface area contributed by atoms with Gasteiger partial charge in [-0.15, -0.1) is 0 Å². The van der Waals surface area contributed by atoms with E-state index in [1.165, 1.54) is 11.3 Å². The van der Waals surface area contributed by atoms with Crippen LogP contribution in [0.25, 0.3) is 11.0 Å². The number of ether oxygens (including phenoxy) is 1. The van der Waals surface area contributed by atoms with Crippen molar-refractivity contribution < 1.29 is 9.53 Å². The second-order valence-electron chi connectivity index (χ2n) is 7.51. The molecule has 1 aromatic heterocycles. The van der Waals surface area contributed by atoms with Crippen LogP contribution in [0.15, 0.2) is 24.3 Å². The van der Waals surface area contributed by atoms with E-state index in [9.17, 15) is 4.79 Å². The lowest BCUT2D eigenvalue weighted by Gasteiger charge is -2.31. The molecule has 0 radical (unpaired) electrons. The molecule has 0 spiro atoms. The Bertz CT molecular complexity index is 758. The Hall–Kier alpha value is -1.92. The predicted molar refractivity (Wildman–Crippen MR) is 101 cm³/mol. The van der Waals surface area contributed by atoms with Crippen molar-refractivity contribution >= 4 is 16.9 Å². The first-order chi connectivity index (χ1) is 12.7. The fraction of sp³-hybridized carbons (Fsp3) is 0.600. The zero-order chi connectivity index (χ0) is 17.9. The lowest BCUT2D eigenvalue weighted by molar-refractivity contribution is -0.123. The largest absolute Gasteiger partial charge is 0.376 e. The number of hydrogen-bond donors (Lipinski definition) is 1. The van der Waals surface area contributed by atoms with Crippen LogP contribution >= 0.6 is 0 Å². The second kappa shape index (κ2) is 7.76. The fourth-order valence-corrected chi connectivity index (χ4v) is 4.17. The van der Waals surface area contributed by atoms with Crippen molar-refractivity contribution in [1.29, 1.82) is 0 Å². The summed E-state index contributed by atoms with van der Waals surface area (Å²) in [6.45, 7) is 3.86. The first-order valence-corrected chi connectivity index (χ1v) is 9.72. The molecule has 4 rings (SSSR count). The summed E-state index contributed by atoms with van der Waals surface area (Å²) in [6.07, 6.45) is 4.48. The van der Waals surface area contributed by atoms with Crippen molar-refractivity contribution in [3.8, 4) is 0 Å². The van der Waals surface area contributed by atoms with Crippen LogP contribution in [0, 0.1) is 0 Å². The molecule has 1 aromatic carbocycles. The molecule has 2 aromatic rings. The van der Waals surface area contributed by atoms with Gasteiger partial charge >= 0.3 is 0 Å². The fourth-order valence-electron chi connectivity index (χ4n) is 4.17. The van der Waals surface area contributed by atoms with E-state index in [0.29, 0.717) is 19.0 Å². The Labute approximate surface area is 154 Å². The topological polar surface area (TPSA) is 59.4 Å². The number of nitrogens with zero attached hydrogens (tertiary/aromatic N) is 3. The monoisotopic (exact) mass is 356 g/mol. The van der Waals surface area contributed by atoms with Gasteiger partial charge in [0.1, 0.15) is 5.82 Å². The van der Waals surface area contributed by atoms with E-state index in [0.717, 1.165) is 50.9 Å². The molecule has 1 atom stereocenters. The molecule has 0 unspecified atom stereocenters. The van der Waals surface area contributed by atoms with E-state index in [1.807, 2.05) is 6.07 Å². The van der Waals surface area contributed by atoms with Crippen LogP contribution in [-0.4, -0.2) is 59.2 Å². The van der Waals surface area contributed by atoms with Crippen LogP contribution in [0.3, 0.4) is 0 Å². The van der Waals surface area contributed by atoms with Gasteiger partial charge in [-0.25, -0.2) is 4.98 Å². The first kappa shape index (κ1) is 17.5. The molecule has 2 fully saturated rings. The Morgan fingerprint density at radius 3 is 2.81 bits per heavy atom. The van der Waals surface area contributed by atoms with Crippen LogP contribution in [-0.2, 0) is 16.6 Å². The number of para-hydroxylation sites is 2. The number of likely N-dealkylation sites (tertiary alicyclic amines) is 1. The molecule has 0 aliphatic carbocycles. The van der Waals surface area contributed by atoms with Crippen molar-refractivity contribution in [3.05, 3.63) is 30.1 Å². The van der Waals surface area contributed by atoms with Gasteiger partial charge in [0.25, 0.3) is 0 Å². The maximum Gasteiger partial charge on any atom is 0.234 e. The van der Waals surface area contributed by atoms with Crippen LogP contribution in [0.4, 0.5) is 0 Å². The molecular formula is C20H28N4O2. The second-order valence-corrected chi connectivity index (χ2v) is 7.51. The molecule has 0 bridgehead atoms. The van der Waals surface area contributed by atoms with E-state index in [-0.39, 0.29) is 12.0 Å². The number of fused-ring (bicyclic) bond motifs is 1. The normalized spacial score (nSPS) is 22.1. The van der Waals surface area contributed by atoms with Gasteiger partial charge in [0.2, 0.25) is 5.91 Å².